The molecule has 0 spiro atoms. The highest BCUT2D eigenvalue weighted by Crippen LogP contribution is 2.35. The highest BCUT2D eigenvalue weighted by Gasteiger charge is 2.30. The zero-order valence-corrected chi connectivity index (χ0v) is 15.3. The Labute approximate surface area is 153 Å². The van der Waals surface area contributed by atoms with Crippen LogP contribution in [-0.4, -0.2) is 24.1 Å². The van der Waals surface area contributed by atoms with E-state index in [1.165, 1.54) is 32.1 Å². The maximum absolute atomic E-state index is 13.0. The van der Waals surface area contributed by atoms with Gasteiger partial charge >= 0.3 is 0 Å². The van der Waals surface area contributed by atoms with E-state index in [-0.39, 0.29) is 17.5 Å². The molecule has 0 saturated heterocycles. The normalized spacial score (nSPS) is 18.0. The number of pyridine rings is 1. The Balaban J connectivity index is 1.66. The molecule has 0 unspecified atom stereocenters. The third-order valence-electron chi connectivity index (χ3n) is 5.68. The second-order valence-electron chi connectivity index (χ2n) is 7.60. The maximum atomic E-state index is 13.0. The first-order valence-electron chi connectivity index (χ1n) is 9.69. The molecule has 138 valence electrons. The van der Waals surface area contributed by atoms with Crippen LogP contribution in [0.1, 0.15) is 61.5 Å². The molecular weight excluding hydrogens is 328 g/mol. The summed E-state index contributed by atoms with van der Waals surface area (Å²) >= 11 is 0. The summed E-state index contributed by atoms with van der Waals surface area (Å²) in [6, 6.07) is 7.41. The minimum atomic E-state index is -0.135. The van der Waals surface area contributed by atoms with Crippen molar-refractivity contribution in [3.63, 3.8) is 0 Å². The molecule has 26 heavy (non-hydrogen) atoms. The molecule has 2 aliphatic rings. The molecule has 1 aromatic heterocycles. The molecule has 0 bridgehead atoms. The van der Waals surface area contributed by atoms with Crippen molar-refractivity contribution in [2.75, 3.05) is 13.7 Å². The minimum Gasteiger partial charge on any atom is -0.497 e. The van der Waals surface area contributed by atoms with Crippen molar-refractivity contribution in [2.24, 2.45) is 5.92 Å². The number of fused-ring (bicyclic) bond motifs is 1. The molecule has 1 heterocycles. The van der Waals surface area contributed by atoms with Gasteiger partial charge in [-0.1, -0.05) is 19.3 Å². The van der Waals surface area contributed by atoms with Crippen LogP contribution in [0.3, 0.4) is 0 Å². The molecule has 1 amide bonds. The summed E-state index contributed by atoms with van der Waals surface area (Å²) in [5, 5.41) is 4.48. The fourth-order valence-corrected chi connectivity index (χ4v) is 4.03. The van der Waals surface area contributed by atoms with Crippen molar-refractivity contribution in [1.29, 1.82) is 0 Å². The Bertz CT molecular complexity index is 877. The van der Waals surface area contributed by atoms with E-state index in [4.69, 9.17) is 4.74 Å². The van der Waals surface area contributed by atoms with Gasteiger partial charge < -0.3 is 14.6 Å². The number of nitrogens with zero attached hydrogens (tertiary/aromatic N) is 1. The highest BCUT2D eigenvalue weighted by atomic mass is 16.5. The fourth-order valence-electron chi connectivity index (χ4n) is 4.03. The Morgan fingerprint density at radius 1 is 1.15 bits per heavy atom. The summed E-state index contributed by atoms with van der Waals surface area (Å²) in [4.78, 5) is 25.9. The van der Waals surface area contributed by atoms with Gasteiger partial charge in [0.1, 0.15) is 11.4 Å². The summed E-state index contributed by atoms with van der Waals surface area (Å²) in [6.07, 6.45) is 8.11. The molecule has 0 atom stereocenters. The number of hydrogen-bond donors (Lipinski definition) is 1. The topological polar surface area (TPSA) is 60.3 Å². The Morgan fingerprint density at radius 3 is 2.62 bits per heavy atom. The smallest absolute Gasteiger partial charge is 0.268 e. The van der Waals surface area contributed by atoms with Crippen LogP contribution in [0.5, 0.6) is 5.75 Å². The van der Waals surface area contributed by atoms with E-state index < -0.39 is 0 Å². The van der Waals surface area contributed by atoms with Crippen LogP contribution in [0.25, 0.3) is 10.8 Å². The van der Waals surface area contributed by atoms with Gasteiger partial charge in [0.25, 0.3) is 11.5 Å². The number of carbonyl (C=O) groups excluding carboxylic acids is 1. The number of amides is 1. The first-order valence-corrected chi connectivity index (χ1v) is 9.69. The Hall–Kier alpha value is -2.30. The van der Waals surface area contributed by atoms with Gasteiger partial charge in [0.05, 0.1) is 7.11 Å². The summed E-state index contributed by atoms with van der Waals surface area (Å²) in [5.74, 6) is 1.12. The molecule has 0 radical (unpaired) electrons. The van der Waals surface area contributed by atoms with Crippen molar-refractivity contribution in [2.45, 2.75) is 51.0 Å². The third kappa shape index (κ3) is 3.35. The van der Waals surface area contributed by atoms with Gasteiger partial charge in [0.15, 0.2) is 0 Å². The number of ether oxygens (including phenoxy) is 1. The number of aromatic nitrogens is 1. The number of carbonyl (C=O) groups is 1. The van der Waals surface area contributed by atoms with Gasteiger partial charge in [-0.3, -0.25) is 9.59 Å². The van der Waals surface area contributed by atoms with Crippen molar-refractivity contribution in [1.82, 2.24) is 9.88 Å². The summed E-state index contributed by atoms with van der Waals surface area (Å²) < 4.78 is 6.97. The first-order chi connectivity index (χ1) is 12.7. The van der Waals surface area contributed by atoms with E-state index in [9.17, 15) is 9.59 Å². The lowest BCUT2D eigenvalue weighted by Gasteiger charge is -2.22. The lowest BCUT2D eigenvalue weighted by Crippen LogP contribution is -2.35. The lowest BCUT2D eigenvalue weighted by molar-refractivity contribution is 0.0933. The van der Waals surface area contributed by atoms with Gasteiger partial charge in [0, 0.05) is 18.0 Å². The van der Waals surface area contributed by atoms with E-state index in [2.05, 4.69) is 5.32 Å². The van der Waals surface area contributed by atoms with E-state index in [0.717, 1.165) is 18.2 Å². The van der Waals surface area contributed by atoms with Crippen molar-refractivity contribution < 1.29 is 9.53 Å². The summed E-state index contributed by atoms with van der Waals surface area (Å²) in [7, 11) is 1.60. The zero-order chi connectivity index (χ0) is 18.1. The molecule has 2 fully saturated rings. The molecule has 2 aliphatic carbocycles. The molecule has 2 saturated carbocycles. The number of hydrogen-bond acceptors (Lipinski definition) is 3. The van der Waals surface area contributed by atoms with Gasteiger partial charge in [-0.15, -0.1) is 0 Å². The van der Waals surface area contributed by atoms with Crippen molar-refractivity contribution in [3.05, 3.63) is 40.3 Å². The molecular formula is C21H26N2O3. The monoisotopic (exact) mass is 354 g/mol. The first kappa shape index (κ1) is 17.1. The lowest BCUT2D eigenvalue weighted by atomic mass is 9.89. The van der Waals surface area contributed by atoms with E-state index in [1.807, 2.05) is 12.1 Å². The van der Waals surface area contributed by atoms with Gasteiger partial charge in [-0.25, -0.2) is 0 Å². The number of methoxy groups -OCH3 is 1. The van der Waals surface area contributed by atoms with Crippen LogP contribution >= 0.6 is 0 Å². The molecule has 5 heteroatoms. The molecule has 2 aromatic rings. The van der Waals surface area contributed by atoms with Gasteiger partial charge in [-0.2, -0.15) is 0 Å². The molecule has 1 aromatic carbocycles. The second-order valence-corrected chi connectivity index (χ2v) is 7.60. The quantitative estimate of drug-likeness (QED) is 0.891. The predicted molar refractivity (Wildman–Crippen MR) is 102 cm³/mol. The molecule has 1 N–H and O–H groups in total. The molecule has 5 nitrogen and oxygen atoms in total. The summed E-state index contributed by atoms with van der Waals surface area (Å²) in [6.45, 7) is 0.702. The summed E-state index contributed by atoms with van der Waals surface area (Å²) in [5.41, 5.74) is 0.407. The van der Waals surface area contributed by atoms with Crippen LogP contribution in [0, 0.1) is 5.92 Å². The largest absolute Gasteiger partial charge is 0.497 e. The second kappa shape index (κ2) is 7.14. The van der Waals surface area contributed by atoms with Gasteiger partial charge in [0.2, 0.25) is 0 Å². The third-order valence-corrected chi connectivity index (χ3v) is 5.68. The van der Waals surface area contributed by atoms with Crippen LogP contribution in [0.15, 0.2) is 29.1 Å². The van der Waals surface area contributed by atoms with E-state index >= 15 is 0 Å². The number of benzene rings is 1. The Kier molecular flexibility index (Phi) is 4.70. The molecule has 0 aliphatic heterocycles. The minimum absolute atomic E-state index is 0.0736. The zero-order valence-electron chi connectivity index (χ0n) is 15.3. The van der Waals surface area contributed by atoms with Crippen molar-refractivity contribution in [3.8, 4) is 5.75 Å². The number of rotatable bonds is 5. The van der Waals surface area contributed by atoms with Crippen LogP contribution < -0.4 is 15.6 Å². The molecule has 4 rings (SSSR count). The number of nitrogens with one attached hydrogen (secondary N) is 1. The van der Waals surface area contributed by atoms with Crippen LogP contribution in [0.4, 0.5) is 0 Å². The maximum Gasteiger partial charge on any atom is 0.268 e. The van der Waals surface area contributed by atoms with Crippen molar-refractivity contribution >= 4 is 16.7 Å². The SMILES string of the molecule is COc1ccc2c(=O)n(C3CC3)c(C(=O)NCC3CCCCC3)cc2c1. The van der Waals surface area contributed by atoms with E-state index in [0.29, 0.717) is 29.3 Å². The van der Waals surface area contributed by atoms with Gasteiger partial charge in [-0.05, 0) is 61.3 Å². The standard InChI is InChI=1S/C21H26N2O3/c1-26-17-9-10-18-15(11-17)12-19(23(21(18)25)16-7-8-16)20(24)22-13-14-5-3-2-4-6-14/h9-12,14,16H,2-8,13H2,1H3,(H,22,24). The average Bonchev–Trinajstić information content (AvgIpc) is 3.51. The Morgan fingerprint density at radius 2 is 1.92 bits per heavy atom. The fraction of sp³-hybridized carbons (Fsp3) is 0.524. The van der Waals surface area contributed by atoms with Crippen LogP contribution in [-0.2, 0) is 0 Å². The highest BCUT2D eigenvalue weighted by molar-refractivity contribution is 5.97. The predicted octanol–water partition coefficient (Wildman–Crippen LogP) is 3.66. The van der Waals surface area contributed by atoms with E-state index in [1.54, 1.807) is 23.8 Å². The average molecular weight is 354 g/mol. The van der Waals surface area contributed by atoms with Crippen LogP contribution in [0.2, 0.25) is 0 Å².